The third-order valence-corrected chi connectivity index (χ3v) is 4.75. The Hall–Kier alpha value is -0.650. The molecule has 0 aromatic heterocycles. The number of hydrogen-bond donors (Lipinski definition) is 1. The molecule has 1 aliphatic carbocycles. The minimum absolute atomic E-state index is 0.00510. The van der Waals surface area contributed by atoms with Crippen molar-refractivity contribution in [3.05, 3.63) is 0 Å². The second-order valence-electron chi connectivity index (χ2n) is 6.24. The van der Waals surface area contributed by atoms with Crippen molar-refractivity contribution in [2.24, 2.45) is 11.1 Å². The van der Waals surface area contributed by atoms with E-state index < -0.39 is 5.54 Å². The molecule has 1 saturated carbocycles. The lowest BCUT2D eigenvalue weighted by molar-refractivity contribution is -0.181. The monoisotopic (exact) mass is 286 g/mol. The standard InChI is InChI=1S/C15H30N2O3/c1-7-17(11(3)10-19-6)13(18)15(16)9-12(20-8-2)14(15,4)5/h11-12H,7-10,16H2,1-6H3. The molecular weight excluding hydrogens is 256 g/mol. The molecule has 0 radical (unpaired) electrons. The van der Waals surface area contributed by atoms with Crippen LogP contribution in [-0.2, 0) is 14.3 Å². The zero-order valence-corrected chi connectivity index (χ0v) is 13.7. The van der Waals surface area contributed by atoms with Gasteiger partial charge < -0.3 is 20.1 Å². The average molecular weight is 286 g/mol. The van der Waals surface area contributed by atoms with Crippen molar-refractivity contribution < 1.29 is 14.3 Å². The largest absolute Gasteiger partial charge is 0.383 e. The Labute approximate surface area is 122 Å². The predicted molar refractivity (Wildman–Crippen MR) is 79.5 cm³/mol. The summed E-state index contributed by atoms with van der Waals surface area (Å²) in [6.45, 7) is 11.8. The van der Waals surface area contributed by atoms with Gasteiger partial charge in [0.1, 0.15) is 5.54 Å². The fraction of sp³-hybridized carbons (Fsp3) is 0.933. The predicted octanol–water partition coefficient (Wildman–Crippen LogP) is 1.40. The fourth-order valence-electron chi connectivity index (χ4n) is 3.04. The Morgan fingerprint density at radius 1 is 1.45 bits per heavy atom. The van der Waals surface area contributed by atoms with Crippen molar-refractivity contribution in [2.45, 2.75) is 58.7 Å². The maximum atomic E-state index is 12.8. The highest BCUT2D eigenvalue weighted by atomic mass is 16.5. The molecule has 5 heteroatoms. The van der Waals surface area contributed by atoms with Gasteiger partial charge in [-0.2, -0.15) is 0 Å². The summed E-state index contributed by atoms with van der Waals surface area (Å²) >= 11 is 0. The van der Waals surface area contributed by atoms with Crippen LogP contribution in [0.25, 0.3) is 0 Å². The molecule has 1 rings (SSSR count). The number of methoxy groups -OCH3 is 1. The minimum atomic E-state index is -0.842. The van der Waals surface area contributed by atoms with E-state index in [9.17, 15) is 4.79 Å². The van der Waals surface area contributed by atoms with Gasteiger partial charge in [-0.15, -0.1) is 0 Å². The van der Waals surface area contributed by atoms with Gasteiger partial charge in [0.05, 0.1) is 18.8 Å². The van der Waals surface area contributed by atoms with Gasteiger partial charge in [0.15, 0.2) is 0 Å². The highest BCUT2D eigenvalue weighted by molar-refractivity contribution is 5.89. The summed E-state index contributed by atoms with van der Waals surface area (Å²) in [7, 11) is 1.64. The van der Waals surface area contributed by atoms with Crippen LogP contribution in [0.4, 0.5) is 0 Å². The molecule has 0 heterocycles. The number of nitrogens with zero attached hydrogens (tertiary/aromatic N) is 1. The van der Waals surface area contributed by atoms with Gasteiger partial charge in [0.25, 0.3) is 0 Å². The SMILES string of the molecule is CCOC1CC(N)(C(=O)N(CC)C(C)COC)C1(C)C. The molecule has 118 valence electrons. The summed E-state index contributed by atoms with van der Waals surface area (Å²) in [5.41, 5.74) is 5.25. The molecule has 1 aliphatic rings. The van der Waals surface area contributed by atoms with Crippen molar-refractivity contribution >= 4 is 5.91 Å². The second-order valence-corrected chi connectivity index (χ2v) is 6.24. The van der Waals surface area contributed by atoms with E-state index >= 15 is 0 Å². The zero-order valence-electron chi connectivity index (χ0n) is 13.7. The summed E-state index contributed by atoms with van der Waals surface area (Å²) in [4.78, 5) is 14.7. The first-order chi connectivity index (χ1) is 9.26. The van der Waals surface area contributed by atoms with Crippen LogP contribution in [0.3, 0.4) is 0 Å². The topological polar surface area (TPSA) is 64.8 Å². The van der Waals surface area contributed by atoms with Crippen LogP contribution in [0.5, 0.6) is 0 Å². The summed E-state index contributed by atoms with van der Waals surface area (Å²) in [6.07, 6.45) is 0.640. The van der Waals surface area contributed by atoms with Crippen LogP contribution in [-0.4, -0.2) is 55.4 Å². The lowest BCUT2D eigenvalue weighted by atomic mass is 9.54. The molecule has 5 nitrogen and oxygen atoms in total. The lowest BCUT2D eigenvalue weighted by Crippen LogP contribution is -2.76. The molecule has 2 N–H and O–H groups in total. The molecule has 3 unspecified atom stereocenters. The first-order valence-electron chi connectivity index (χ1n) is 7.46. The summed E-state index contributed by atoms with van der Waals surface area (Å²) in [5, 5.41) is 0. The van der Waals surface area contributed by atoms with Crippen LogP contribution in [0.1, 0.15) is 41.0 Å². The van der Waals surface area contributed by atoms with Gasteiger partial charge >= 0.3 is 0 Å². The van der Waals surface area contributed by atoms with Crippen molar-refractivity contribution in [2.75, 3.05) is 26.9 Å². The second kappa shape index (κ2) is 6.41. The summed E-state index contributed by atoms with van der Waals surface area (Å²) in [5.74, 6) is 0.00510. The Bertz CT molecular complexity index is 346. The van der Waals surface area contributed by atoms with E-state index in [1.807, 2.05) is 39.5 Å². The quantitative estimate of drug-likeness (QED) is 0.768. The highest BCUT2D eigenvalue weighted by Crippen LogP contribution is 2.50. The number of likely N-dealkylation sites (N-methyl/N-ethyl adjacent to an activating group) is 1. The van der Waals surface area contributed by atoms with E-state index in [2.05, 4.69) is 0 Å². The number of carbonyl (C=O) groups is 1. The number of ether oxygens (including phenoxy) is 2. The first kappa shape index (κ1) is 17.4. The van der Waals surface area contributed by atoms with E-state index in [1.165, 1.54) is 0 Å². The maximum Gasteiger partial charge on any atom is 0.243 e. The fourth-order valence-corrected chi connectivity index (χ4v) is 3.04. The van der Waals surface area contributed by atoms with E-state index in [0.29, 0.717) is 26.2 Å². The highest BCUT2D eigenvalue weighted by Gasteiger charge is 2.63. The number of rotatable bonds is 7. The van der Waals surface area contributed by atoms with Gasteiger partial charge in [-0.25, -0.2) is 0 Å². The van der Waals surface area contributed by atoms with Crippen molar-refractivity contribution in [3.63, 3.8) is 0 Å². The number of carbonyl (C=O) groups excluding carboxylic acids is 1. The molecule has 1 amide bonds. The maximum absolute atomic E-state index is 12.8. The van der Waals surface area contributed by atoms with E-state index in [0.717, 1.165) is 0 Å². The Morgan fingerprint density at radius 3 is 2.45 bits per heavy atom. The molecule has 0 saturated heterocycles. The third kappa shape index (κ3) is 2.71. The van der Waals surface area contributed by atoms with Crippen molar-refractivity contribution in [3.8, 4) is 0 Å². The van der Waals surface area contributed by atoms with Crippen molar-refractivity contribution in [1.29, 1.82) is 0 Å². The van der Waals surface area contributed by atoms with Crippen LogP contribution in [0.2, 0.25) is 0 Å². The van der Waals surface area contributed by atoms with Gasteiger partial charge in [0.2, 0.25) is 5.91 Å². The Morgan fingerprint density at radius 2 is 2.05 bits per heavy atom. The van der Waals surface area contributed by atoms with E-state index in [1.54, 1.807) is 7.11 Å². The molecule has 0 aliphatic heterocycles. The molecule has 0 spiro atoms. The average Bonchev–Trinajstić information content (AvgIpc) is 2.39. The first-order valence-corrected chi connectivity index (χ1v) is 7.46. The molecular formula is C15H30N2O3. The molecule has 1 fully saturated rings. The molecule has 3 atom stereocenters. The normalized spacial score (nSPS) is 29.6. The Balaban J connectivity index is 2.85. The summed E-state index contributed by atoms with van der Waals surface area (Å²) < 4.78 is 10.8. The summed E-state index contributed by atoms with van der Waals surface area (Å²) in [6, 6.07) is 0.0277. The molecule has 20 heavy (non-hydrogen) atoms. The van der Waals surface area contributed by atoms with Crippen LogP contribution >= 0.6 is 0 Å². The Kier molecular flexibility index (Phi) is 5.58. The number of amides is 1. The zero-order chi connectivity index (χ0) is 15.6. The van der Waals surface area contributed by atoms with Gasteiger partial charge in [0, 0.05) is 32.1 Å². The van der Waals surface area contributed by atoms with E-state index in [-0.39, 0.29) is 23.5 Å². The third-order valence-electron chi connectivity index (χ3n) is 4.75. The minimum Gasteiger partial charge on any atom is -0.383 e. The van der Waals surface area contributed by atoms with Gasteiger partial charge in [-0.3, -0.25) is 4.79 Å². The van der Waals surface area contributed by atoms with Crippen LogP contribution in [0.15, 0.2) is 0 Å². The molecule has 0 aromatic rings. The van der Waals surface area contributed by atoms with Crippen molar-refractivity contribution in [1.82, 2.24) is 4.90 Å². The number of hydrogen-bond acceptors (Lipinski definition) is 4. The van der Waals surface area contributed by atoms with Crippen LogP contribution in [0, 0.1) is 5.41 Å². The molecule has 0 aromatic carbocycles. The smallest absolute Gasteiger partial charge is 0.243 e. The van der Waals surface area contributed by atoms with Crippen LogP contribution < -0.4 is 5.73 Å². The van der Waals surface area contributed by atoms with Gasteiger partial charge in [-0.05, 0) is 20.8 Å². The lowest BCUT2D eigenvalue weighted by Gasteiger charge is -2.59. The van der Waals surface area contributed by atoms with Gasteiger partial charge in [-0.1, -0.05) is 13.8 Å². The number of nitrogens with two attached hydrogens (primary N) is 1. The van der Waals surface area contributed by atoms with E-state index in [4.69, 9.17) is 15.2 Å². The molecule has 0 bridgehead atoms.